The Hall–Kier alpha value is -1.46. The molecule has 2 aromatic carbocycles. The second-order valence-corrected chi connectivity index (χ2v) is 5.54. The highest BCUT2D eigenvalue weighted by molar-refractivity contribution is 9.10. The van der Waals surface area contributed by atoms with Crippen LogP contribution in [0.15, 0.2) is 40.9 Å². The number of ether oxygens (including phenoxy) is 1. The Kier molecular flexibility index (Phi) is 4.73. The van der Waals surface area contributed by atoms with Gasteiger partial charge in [-0.15, -0.1) is 0 Å². The maximum Gasteiger partial charge on any atom is 0.201 e. The monoisotopic (exact) mass is 341 g/mol. The molecule has 0 fully saturated rings. The van der Waals surface area contributed by atoms with Gasteiger partial charge in [0.25, 0.3) is 0 Å². The van der Waals surface area contributed by atoms with E-state index >= 15 is 0 Å². The second-order valence-electron chi connectivity index (χ2n) is 4.63. The molecule has 0 amide bonds. The maximum absolute atomic E-state index is 13.6. The number of hydrogen-bond acceptors (Lipinski definition) is 2. The van der Waals surface area contributed by atoms with Crippen molar-refractivity contribution in [3.05, 3.63) is 58.1 Å². The van der Waals surface area contributed by atoms with Crippen molar-refractivity contribution in [2.24, 2.45) is 5.73 Å². The lowest BCUT2D eigenvalue weighted by atomic mass is 10.1. The Labute approximate surface area is 124 Å². The molecule has 0 saturated heterocycles. The van der Waals surface area contributed by atoms with Crippen LogP contribution in [0, 0.1) is 11.6 Å². The predicted octanol–water partition coefficient (Wildman–Crippen LogP) is 4.41. The van der Waals surface area contributed by atoms with Crippen LogP contribution in [0.2, 0.25) is 0 Å². The first-order valence-electron chi connectivity index (χ1n) is 6.12. The molecular formula is C15H14BrF2NO. The highest BCUT2D eigenvalue weighted by Crippen LogP contribution is 2.29. The SMILES string of the molecule is CC(N)Cc1ccc(Oc2cc(Br)cc(F)c2F)cc1. The largest absolute Gasteiger partial charge is 0.454 e. The van der Waals surface area contributed by atoms with Gasteiger partial charge in [-0.1, -0.05) is 28.1 Å². The standard InChI is InChI=1S/C15H14BrF2NO/c1-9(19)6-10-2-4-12(5-3-10)20-14-8-11(16)7-13(17)15(14)18/h2-5,7-9H,6,19H2,1H3. The van der Waals surface area contributed by atoms with E-state index in [1.807, 2.05) is 19.1 Å². The van der Waals surface area contributed by atoms with Crippen molar-refractivity contribution in [2.75, 3.05) is 0 Å². The van der Waals surface area contributed by atoms with Gasteiger partial charge in [0.1, 0.15) is 5.75 Å². The Morgan fingerprint density at radius 1 is 1.20 bits per heavy atom. The lowest BCUT2D eigenvalue weighted by Crippen LogP contribution is -2.17. The summed E-state index contributed by atoms with van der Waals surface area (Å²) in [5, 5.41) is 0. The summed E-state index contributed by atoms with van der Waals surface area (Å²) in [6, 6.07) is 9.61. The van der Waals surface area contributed by atoms with Crippen LogP contribution in [0.1, 0.15) is 12.5 Å². The van der Waals surface area contributed by atoms with Crippen molar-refractivity contribution < 1.29 is 13.5 Å². The fraction of sp³-hybridized carbons (Fsp3) is 0.200. The highest BCUT2D eigenvalue weighted by atomic mass is 79.9. The molecule has 0 spiro atoms. The third-order valence-electron chi connectivity index (χ3n) is 2.67. The Bertz CT molecular complexity index is 600. The molecule has 1 atom stereocenters. The van der Waals surface area contributed by atoms with Gasteiger partial charge in [-0.25, -0.2) is 4.39 Å². The minimum absolute atomic E-state index is 0.0680. The molecule has 0 aliphatic heterocycles. The summed E-state index contributed by atoms with van der Waals surface area (Å²) in [6.45, 7) is 1.92. The molecule has 2 N–H and O–H groups in total. The van der Waals surface area contributed by atoms with Crippen LogP contribution in [0.3, 0.4) is 0 Å². The molecule has 5 heteroatoms. The van der Waals surface area contributed by atoms with E-state index in [2.05, 4.69) is 15.9 Å². The fourth-order valence-corrected chi connectivity index (χ4v) is 2.21. The number of nitrogens with two attached hydrogens (primary N) is 1. The van der Waals surface area contributed by atoms with Gasteiger partial charge < -0.3 is 10.5 Å². The lowest BCUT2D eigenvalue weighted by molar-refractivity contribution is 0.415. The first-order chi connectivity index (χ1) is 9.45. The van der Waals surface area contributed by atoms with E-state index in [1.165, 1.54) is 6.07 Å². The van der Waals surface area contributed by atoms with Gasteiger partial charge in [0.2, 0.25) is 5.82 Å². The minimum atomic E-state index is -1.01. The highest BCUT2D eigenvalue weighted by Gasteiger charge is 2.12. The zero-order chi connectivity index (χ0) is 14.7. The second kappa shape index (κ2) is 6.33. The first kappa shape index (κ1) is 14.9. The zero-order valence-corrected chi connectivity index (χ0v) is 12.5. The molecule has 0 aliphatic carbocycles. The number of halogens is 3. The van der Waals surface area contributed by atoms with Gasteiger partial charge >= 0.3 is 0 Å². The Morgan fingerprint density at radius 2 is 1.85 bits per heavy atom. The molecule has 0 bridgehead atoms. The molecule has 2 aromatic rings. The molecule has 0 radical (unpaired) electrons. The Balaban J connectivity index is 2.18. The lowest BCUT2D eigenvalue weighted by Gasteiger charge is -2.09. The van der Waals surface area contributed by atoms with Crippen LogP contribution >= 0.6 is 15.9 Å². The van der Waals surface area contributed by atoms with Crippen LogP contribution < -0.4 is 10.5 Å². The Morgan fingerprint density at radius 3 is 2.45 bits per heavy atom. The molecule has 0 aliphatic rings. The van der Waals surface area contributed by atoms with Gasteiger partial charge in [-0.2, -0.15) is 4.39 Å². The summed E-state index contributed by atoms with van der Waals surface area (Å²) in [5.41, 5.74) is 6.77. The third kappa shape index (κ3) is 3.77. The van der Waals surface area contributed by atoms with Crippen molar-refractivity contribution in [2.45, 2.75) is 19.4 Å². The smallest absolute Gasteiger partial charge is 0.201 e. The van der Waals surface area contributed by atoms with Crippen molar-refractivity contribution in [3.63, 3.8) is 0 Å². The molecule has 0 saturated carbocycles. The third-order valence-corrected chi connectivity index (χ3v) is 3.13. The quantitative estimate of drug-likeness (QED) is 0.836. The van der Waals surface area contributed by atoms with E-state index in [4.69, 9.17) is 10.5 Å². The molecule has 0 aromatic heterocycles. The molecule has 2 rings (SSSR count). The zero-order valence-electron chi connectivity index (χ0n) is 10.9. The van der Waals surface area contributed by atoms with Gasteiger partial charge in [0.15, 0.2) is 11.6 Å². The average molecular weight is 342 g/mol. The van der Waals surface area contributed by atoms with Crippen LogP contribution in [0.5, 0.6) is 11.5 Å². The summed E-state index contributed by atoms with van der Waals surface area (Å²) >= 11 is 3.10. The van der Waals surface area contributed by atoms with Crippen molar-refractivity contribution in [1.29, 1.82) is 0 Å². The van der Waals surface area contributed by atoms with Gasteiger partial charge in [0.05, 0.1) is 0 Å². The van der Waals surface area contributed by atoms with Gasteiger partial charge in [-0.05, 0) is 43.2 Å². The normalized spacial score (nSPS) is 12.2. The molecular weight excluding hydrogens is 328 g/mol. The van der Waals surface area contributed by atoms with E-state index < -0.39 is 11.6 Å². The number of hydrogen-bond donors (Lipinski definition) is 1. The molecule has 0 heterocycles. The predicted molar refractivity (Wildman–Crippen MR) is 77.9 cm³/mol. The molecule has 2 nitrogen and oxygen atoms in total. The fourth-order valence-electron chi connectivity index (χ4n) is 1.80. The topological polar surface area (TPSA) is 35.2 Å². The van der Waals surface area contributed by atoms with Gasteiger partial charge in [0, 0.05) is 10.5 Å². The van der Waals surface area contributed by atoms with E-state index in [0.717, 1.165) is 18.1 Å². The van der Waals surface area contributed by atoms with Crippen LogP contribution in [0.4, 0.5) is 8.78 Å². The minimum Gasteiger partial charge on any atom is -0.454 e. The van der Waals surface area contributed by atoms with E-state index in [-0.39, 0.29) is 11.8 Å². The van der Waals surface area contributed by atoms with Crippen molar-refractivity contribution >= 4 is 15.9 Å². The summed E-state index contributed by atoms with van der Waals surface area (Å²) in [5.74, 6) is -1.68. The average Bonchev–Trinajstić information content (AvgIpc) is 2.37. The van der Waals surface area contributed by atoms with Crippen LogP contribution in [-0.4, -0.2) is 6.04 Å². The first-order valence-corrected chi connectivity index (χ1v) is 6.92. The van der Waals surface area contributed by atoms with Crippen molar-refractivity contribution in [3.8, 4) is 11.5 Å². The number of rotatable bonds is 4. The van der Waals surface area contributed by atoms with E-state index in [1.54, 1.807) is 12.1 Å². The van der Waals surface area contributed by atoms with Crippen LogP contribution in [0.25, 0.3) is 0 Å². The van der Waals surface area contributed by atoms with Crippen LogP contribution in [-0.2, 0) is 6.42 Å². The maximum atomic E-state index is 13.6. The van der Waals surface area contributed by atoms with Gasteiger partial charge in [-0.3, -0.25) is 0 Å². The van der Waals surface area contributed by atoms with Crippen molar-refractivity contribution in [1.82, 2.24) is 0 Å². The molecule has 1 unspecified atom stereocenters. The molecule has 20 heavy (non-hydrogen) atoms. The van der Waals surface area contributed by atoms with E-state index in [9.17, 15) is 8.78 Å². The number of benzene rings is 2. The molecule has 106 valence electrons. The van der Waals surface area contributed by atoms with E-state index in [0.29, 0.717) is 10.2 Å². The summed E-state index contributed by atoms with van der Waals surface area (Å²) in [6.07, 6.45) is 0.750. The summed E-state index contributed by atoms with van der Waals surface area (Å²) in [4.78, 5) is 0. The summed E-state index contributed by atoms with van der Waals surface area (Å²) in [7, 11) is 0. The summed E-state index contributed by atoms with van der Waals surface area (Å²) < 4.78 is 32.6.